The summed E-state index contributed by atoms with van der Waals surface area (Å²) >= 11 is 1.75. The van der Waals surface area contributed by atoms with Crippen LogP contribution < -0.4 is 4.90 Å². The molecule has 0 bridgehead atoms. The molecule has 1 aromatic rings. The van der Waals surface area contributed by atoms with Gasteiger partial charge in [0.1, 0.15) is 5.01 Å². The molecule has 5 heteroatoms. The highest BCUT2D eigenvalue weighted by molar-refractivity contribution is 7.16. The number of aromatic nitrogens is 2. The first-order valence-corrected chi connectivity index (χ1v) is 8.41. The molecule has 4 rings (SSSR count). The summed E-state index contributed by atoms with van der Waals surface area (Å²) in [6.07, 6.45) is 11.7. The van der Waals surface area contributed by atoms with Gasteiger partial charge in [0, 0.05) is 31.2 Å². The highest BCUT2D eigenvalue weighted by atomic mass is 32.1. The predicted octanol–water partition coefficient (Wildman–Crippen LogP) is 2.56. The monoisotopic (exact) mass is 288 g/mol. The smallest absolute Gasteiger partial charge is 0.208 e. The second-order valence-electron chi connectivity index (χ2n) is 5.81. The molecular formula is C15H20N4S. The number of piperazine rings is 1. The van der Waals surface area contributed by atoms with Gasteiger partial charge in [-0.2, -0.15) is 0 Å². The zero-order valence-corrected chi connectivity index (χ0v) is 12.5. The largest absolute Gasteiger partial charge is 0.344 e. The molecule has 3 aliphatic rings. The van der Waals surface area contributed by atoms with E-state index in [1.54, 1.807) is 11.3 Å². The van der Waals surface area contributed by atoms with Crippen molar-refractivity contribution in [2.75, 3.05) is 31.1 Å². The Morgan fingerprint density at radius 3 is 3.05 bits per heavy atom. The van der Waals surface area contributed by atoms with Crippen LogP contribution >= 0.6 is 11.3 Å². The van der Waals surface area contributed by atoms with Crippen LogP contribution in [0.2, 0.25) is 0 Å². The van der Waals surface area contributed by atoms with Crippen LogP contribution in [-0.4, -0.2) is 47.3 Å². The Morgan fingerprint density at radius 2 is 2.15 bits per heavy atom. The van der Waals surface area contributed by atoms with Gasteiger partial charge in [-0.3, -0.25) is 4.90 Å². The van der Waals surface area contributed by atoms with E-state index in [0.717, 1.165) is 42.1 Å². The molecule has 0 radical (unpaired) electrons. The number of nitrogens with zero attached hydrogens (tertiary/aromatic N) is 4. The normalized spacial score (nSPS) is 26.7. The van der Waals surface area contributed by atoms with Gasteiger partial charge >= 0.3 is 0 Å². The van der Waals surface area contributed by atoms with Crippen LogP contribution in [0, 0.1) is 0 Å². The molecular weight excluding hydrogens is 268 g/mol. The van der Waals surface area contributed by atoms with Crippen molar-refractivity contribution in [1.82, 2.24) is 15.1 Å². The molecule has 0 aromatic carbocycles. The van der Waals surface area contributed by atoms with E-state index < -0.39 is 0 Å². The quantitative estimate of drug-likeness (QED) is 0.837. The van der Waals surface area contributed by atoms with E-state index >= 15 is 0 Å². The van der Waals surface area contributed by atoms with Crippen molar-refractivity contribution in [3.63, 3.8) is 0 Å². The maximum absolute atomic E-state index is 4.43. The summed E-state index contributed by atoms with van der Waals surface area (Å²) in [7, 11) is 0. The lowest BCUT2D eigenvalue weighted by molar-refractivity contribution is 0.231. The van der Waals surface area contributed by atoms with Gasteiger partial charge in [0.05, 0.1) is 0 Å². The molecule has 4 nitrogen and oxygen atoms in total. The molecule has 2 aliphatic heterocycles. The summed E-state index contributed by atoms with van der Waals surface area (Å²) in [4.78, 5) is 5.06. The van der Waals surface area contributed by atoms with Gasteiger partial charge in [-0.05, 0) is 32.2 Å². The maximum atomic E-state index is 4.43. The standard InChI is InChI=1S/C15H20N4S/c1-2-5-12(6-3-1)14-16-17-15(20-14)19-10-9-18-8-4-7-13(18)11-19/h2,5-6,13H,1,3-4,7-11H2. The Balaban J connectivity index is 1.50. The lowest BCUT2D eigenvalue weighted by Crippen LogP contribution is -2.50. The summed E-state index contributed by atoms with van der Waals surface area (Å²) in [5, 5.41) is 11.0. The second-order valence-corrected chi connectivity index (χ2v) is 6.76. The fourth-order valence-corrected chi connectivity index (χ4v) is 4.30. The third-order valence-corrected chi connectivity index (χ3v) is 5.55. The zero-order chi connectivity index (χ0) is 13.4. The summed E-state index contributed by atoms with van der Waals surface area (Å²) in [6.45, 7) is 4.70. The van der Waals surface area contributed by atoms with Crippen LogP contribution in [0.25, 0.3) is 5.57 Å². The van der Waals surface area contributed by atoms with Crippen molar-refractivity contribution < 1.29 is 0 Å². The van der Waals surface area contributed by atoms with Crippen LogP contribution in [0.15, 0.2) is 18.2 Å². The molecule has 1 aromatic heterocycles. The summed E-state index contributed by atoms with van der Waals surface area (Å²) in [5.74, 6) is 0. The van der Waals surface area contributed by atoms with Gasteiger partial charge in [-0.25, -0.2) is 0 Å². The topological polar surface area (TPSA) is 32.3 Å². The maximum Gasteiger partial charge on any atom is 0.208 e. The van der Waals surface area contributed by atoms with Crippen molar-refractivity contribution in [3.05, 3.63) is 23.2 Å². The third-order valence-electron chi connectivity index (χ3n) is 4.51. The molecule has 1 unspecified atom stereocenters. The number of hydrogen-bond acceptors (Lipinski definition) is 5. The van der Waals surface area contributed by atoms with Gasteiger partial charge < -0.3 is 4.90 Å². The molecule has 2 fully saturated rings. The fraction of sp³-hybridized carbons (Fsp3) is 0.600. The van der Waals surface area contributed by atoms with E-state index in [-0.39, 0.29) is 0 Å². The van der Waals surface area contributed by atoms with E-state index in [4.69, 9.17) is 0 Å². The Hall–Kier alpha value is -1.20. The first-order valence-electron chi connectivity index (χ1n) is 7.60. The average molecular weight is 288 g/mol. The van der Waals surface area contributed by atoms with Gasteiger partial charge in [0.25, 0.3) is 0 Å². The second kappa shape index (κ2) is 5.30. The van der Waals surface area contributed by atoms with Gasteiger partial charge in [0.2, 0.25) is 5.13 Å². The van der Waals surface area contributed by atoms with Crippen molar-refractivity contribution >= 4 is 22.0 Å². The molecule has 20 heavy (non-hydrogen) atoms. The molecule has 106 valence electrons. The number of allylic oxidation sites excluding steroid dienone is 4. The minimum Gasteiger partial charge on any atom is -0.344 e. The van der Waals surface area contributed by atoms with Crippen molar-refractivity contribution in [2.24, 2.45) is 0 Å². The first-order chi connectivity index (χ1) is 9.90. The minimum atomic E-state index is 0.741. The Morgan fingerprint density at radius 1 is 1.15 bits per heavy atom. The SMILES string of the molecule is C1=CC(c2nnc(N3CCN4CCCC4C3)s2)=CCC1. The van der Waals surface area contributed by atoms with Gasteiger partial charge in [-0.15, -0.1) is 10.2 Å². The Labute approximate surface area is 123 Å². The van der Waals surface area contributed by atoms with Crippen LogP contribution in [0.5, 0.6) is 0 Å². The van der Waals surface area contributed by atoms with Crippen molar-refractivity contribution in [3.8, 4) is 0 Å². The molecule has 0 spiro atoms. The first kappa shape index (κ1) is 12.5. The van der Waals surface area contributed by atoms with E-state index in [1.165, 1.54) is 31.5 Å². The average Bonchev–Trinajstić information content (AvgIpc) is 3.16. The van der Waals surface area contributed by atoms with E-state index in [9.17, 15) is 0 Å². The molecule has 2 saturated heterocycles. The lowest BCUT2D eigenvalue weighted by atomic mass is 10.1. The van der Waals surface area contributed by atoms with E-state index in [1.807, 2.05) is 0 Å². The minimum absolute atomic E-state index is 0.741. The number of rotatable bonds is 2. The predicted molar refractivity (Wildman–Crippen MR) is 83.1 cm³/mol. The van der Waals surface area contributed by atoms with Crippen LogP contribution in [0.1, 0.15) is 30.7 Å². The third kappa shape index (κ3) is 2.29. The molecule has 3 heterocycles. The zero-order valence-electron chi connectivity index (χ0n) is 11.7. The highest BCUT2D eigenvalue weighted by Crippen LogP contribution is 2.31. The molecule has 0 N–H and O–H groups in total. The summed E-state index contributed by atoms with van der Waals surface area (Å²) in [5.41, 5.74) is 1.25. The highest BCUT2D eigenvalue weighted by Gasteiger charge is 2.31. The van der Waals surface area contributed by atoms with Crippen LogP contribution in [0.3, 0.4) is 0 Å². The lowest BCUT2D eigenvalue weighted by Gasteiger charge is -2.37. The fourth-order valence-electron chi connectivity index (χ4n) is 3.40. The Bertz CT molecular complexity index is 548. The van der Waals surface area contributed by atoms with Crippen molar-refractivity contribution in [2.45, 2.75) is 31.7 Å². The van der Waals surface area contributed by atoms with E-state index in [0.29, 0.717) is 0 Å². The van der Waals surface area contributed by atoms with E-state index in [2.05, 4.69) is 38.2 Å². The van der Waals surface area contributed by atoms with Crippen LogP contribution in [-0.2, 0) is 0 Å². The summed E-state index contributed by atoms with van der Waals surface area (Å²) < 4.78 is 0. The van der Waals surface area contributed by atoms with Crippen molar-refractivity contribution in [1.29, 1.82) is 0 Å². The number of fused-ring (bicyclic) bond motifs is 1. The molecule has 1 atom stereocenters. The molecule has 1 aliphatic carbocycles. The van der Waals surface area contributed by atoms with Gasteiger partial charge in [0.15, 0.2) is 0 Å². The Kier molecular flexibility index (Phi) is 3.32. The summed E-state index contributed by atoms with van der Waals surface area (Å²) in [6, 6.07) is 0.741. The number of hydrogen-bond donors (Lipinski definition) is 0. The van der Waals surface area contributed by atoms with Gasteiger partial charge in [-0.1, -0.05) is 29.6 Å². The van der Waals surface area contributed by atoms with Crippen LogP contribution in [0.4, 0.5) is 5.13 Å². The number of anilines is 1. The molecule has 0 amide bonds. The molecule has 0 saturated carbocycles.